The van der Waals surface area contributed by atoms with Crippen LogP contribution in [0.5, 0.6) is 11.5 Å². The number of hydrogen-bond donors (Lipinski definition) is 0. The van der Waals surface area contributed by atoms with E-state index in [1.165, 1.54) is 0 Å². The van der Waals surface area contributed by atoms with E-state index in [9.17, 15) is 5.39 Å². The Morgan fingerprint density at radius 3 is 2.07 bits per heavy atom. The van der Waals surface area contributed by atoms with Crippen LogP contribution in [0.1, 0.15) is 39.5 Å². The fourth-order valence-corrected chi connectivity index (χ4v) is 2.55. The Hall–Kier alpha value is -0.797. The van der Waals surface area contributed by atoms with Crippen LogP contribution in [0.25, 0.3) is 4.98 Å². The van der Waals surface area contributed by atoms with Gasteiger partial charge in [-0.05, 0) is 12.8 Å². The van der Waals surface area contributed by atoms with Gasteiger partial charge in [0.2, 0.25) is 11.1 Å². The fourth-order valence-electron chi connectivity index (χ4n) is 2.55. The number of rotatable bonds is 9. The molecule has 1 saturated heterocycles. The maximum atomic E-state index is 9.33. The molecule has 6 nitrogen and oxygen atoms in total. The van der Waals surface area contributed by atoms with Gasteiger partial charge in [0.05, 0.1) is 38.2 Å². The topological polar surface area (TPSA) is 59.1 Å². The van der Waals surface area contributed by atoms with Crippen LogP contribution >= 0.6 is 0 Å². The quantitative estimate of drug-likeness (QED) is 0.246. The van der Waals surface area contributed by atoms with E-state index >= 15 is 0 Å². The van der Waals surface area contributed by atoms with Crippen molar-refractivity contribution in [3.8, 4) is 11.5 Å². The third kappa shape index (κ3) is 8.83. The maximum Gasteiger partial charge on any atom is 2.00 e. The van der Waals surface area contributed by atoms with Crippen molar-refractivity contribution in [2.75, 3.05) is 44.4 Å². The van der Waals surface area contributed by atoms with Gasteiger partial charge in [0.25, 0.3) is 0 Å². The first kappa shape index (κ1) is 28.4. The monoisotopic (exact) mass is 468 g/mol. The maximum absolute atomic E-state index is 9.33. The van der Waals surface area contributed by atoms with E-state index in [-0.39, 0.29) is 44.3 Å². The zero-order chi connectivity index (χ0) is 17.2. The van der Waals surface area contributed by atoms with Crippen molar-refractivity contribution in [1.29, 1.82) is 5.39 Å². The molecule has 1 aromatic carbocycles. The Morgan fingerprint density at radius 2 is 1.56 bits per heavy atom. The molecule has 1 aromatic rings. The molecular weight excluding hydrogens is 443 g/mol. The van der Waals surface area contributed by atoms with Gasteiger partial charge in [-0.1, -0.05) is 26.7 Å². The first-order valence-electron chi connectivity index (χ1n) is 8.91. The molecule has 9 heteroatoms. The van der Waals surface area contributed by atoms with Gasteiger partial charge in [0, 0.05) is 19.2 Å². The second-order valence-electron chi connectivity index (χ2n) is 5.89. The predicted molar refractivity (Wildman–Crippen MR) is 95.0 cm³/mol. The van der Waals surface area contributed by atoms with E-state index in [1.54, 1.807) is 6.07 Å². The SMILES string of the molecule is CCCCOc1cc(N2CCOCC2)c(OCCCC)cc1[N+]#N.[Cl-].[Cl-].[Zn+2]. The summed E-state index contributed by atoms with van der Waals surface area (Å²) in [4.78, 5) is 5.61. The molecule has 0 aliphatic carbocycles. The molecule has 0 unspecified atom stereocenters. The molecule has 0 atom stereocenters. The van der Waals surface area contributed by atoms with Crippen molar-refractivity contribution in [2.24, 2.45) is 0 Å². The molecule has 1 aliphatic rings. The zero-order valence-electron chi connectivity index (χ0n) is 16.3. The number of halogens is 2. The Bertz CT molecular complexity index is 568. The summed E-state index contributed by atoms with van der Waals surface area (Å²) in [5.41, 5.74) is 1.39. The molecule has 0 saturated carbocycles. The molecule has 0 bridgehead atoms. The van der Waals surface area contributed by atoms with E-state index in [4.69, 9.17) is 14.2 Å². The molecule has 0 N–H and O–H groups in total. The smallest absolute Gasteiger partial charge is 1.00 e. The summed E-state index contributed by atoms with van der Waals surface area (Å²) in [6.45, 7) is 8.53. The van der Waals surface area contributed by atoms with E-state index < -0.39 is 0 Å². The molecule has 0 aromatic heterocycles. The first-order chi connectivity index (χ1) is 11.8. The third-order valence-electron chi connectivity index (χ3n) is 4.01. The normalized spacial score (nSPS) is 12.7. The van der Waals surface area contributed by atoms with E-state index in [0.717, 1.165) is 50.2 Å². The summed E-state index contributed by atoms with van der Waals surface area (Å²) in [6.07, 6.45) is 4.08. The first-order valence-corrected chi connectivity index (χ1v) is 8.91. The van der Waals surface area contributed by atoms with Crippen LogP contribution in [0.3, 0.4) is 0 Å². The number of nitrogens with zero attached hydrogens (tertiary/aromatic N) is 3. The van der Waals surface area contributed by atoms with E-state index in [2.05, 4.69) is 23.7 Å². The van der Waals surface area contributed by atoms with Gasteiger partial charge in [0.1, 0.15) is 0 Å². The zero-order valence-corrected chi connectivity index (χ0v) is 20.7. The molecule has 0 spiro atoms. The fraction of sp³-hybridized carbons (Fsp3) is 0.667. The Kier molecular flexibility index (Phi) is 17.0. The van der Waals surface area contributed by atoms with Gasteiger partial charge in [-0.3, -0.25) is 0 Å². The average molecular weight is 471 g/mol. The van der Waals surface area contributed by atoms with Gasteiger partial charge in [-0.2, -0.15) is 0 Å². The molecule has 1 aliphatic heterocycles. The second kappa shape index (κ2) is 16.2. The predicted octanol–water partition coefficient (Wildman–Crippen LogP) is -1.63. The van der Waals surface area contributed by atoms with Crippen LogP contribution in [-0.4, -0.2) is 39.5 Å². The van der Waals surface area contributed by atoms with E-state index in [0.29, 0.717) is 37.9 Å². The van der Waals surface area contributed by atoms with Crippen molar-refractivity contribution in [1.82, 2.24) is 0 Å². The van der Waals surface area contributed by atoms with Gasteiger partial charge >= 0.3 is 25.2 Å². The Labute approximate surface area is 187 Å². The largest absolute Gasteiger partial charge is 2.00 e. The summed E-state index contributed by atoms with van der Waals surface area (Å²) < 4.78 is 17.2. The number of diazo groups is 1. The Morgan fingerprint density at radius 1 is 1.00 bits per heavy atom. The number of morpholine rings is 1. The van der Waals surface area contributed by atoms with Crippen molar-refractivity contribution < 1.29 is 58.5 Å². The number of anilines is 1. The third-order valence-corrected chi connectivity index (χ3v) is 4.01. The molecule has 2 rings (SSSR count). The van der Waals surface area contributed by atoms with Crippen LogP contribution in [-0.2, 0) is 24.2 Å². The average Bonchev–Trinajstić information content (AvgIpc) is 2.63. The minimum absolute atomic E-state index is 0. The summed E-state index contributed by atoms with van der Waals surface area (Å²) in [5, 5.41) is 9.33. The van der Waals surface area contributed by atoms with Gasteiger partial charge in [0.15, 0.2) is 10.7 Å². The van der Waals surface area contributed by atoms with Crippen LogP contribution in [0.15, 0.2) is 12.1 Å². The standard InChI is InChI=1S/C18H28N3O3.2ClH.Zn/c1-3-5-9-23-17-14-16(21-7-11-22-12-8-21)18(13-15(17)20-19)24-10-6-4-2;;;/h13-14H,3-12H2,1-2H3;2*1H;/q+1;;;+2/p-2. The number of hydrogen-bond acceptors (Lipinski definition) is 5. The molecule has 27 heavy (non-hydrogen) atoms. The van der Waals surface area contributed by atoms with E-state index in [1.807, 2.05) is 6.07 Å². The van der Waals surface area contributed by atoms with Crippen LogP contribution in [0.2, 0.25) is 0 Å². The molecular formula is C18H28Cl2N3O3Zn+. The van der Waals surface area contributed by atoms with Crippen molar-refractivity contribution >= 4 is 11.4 Å². The van der Waals surface area contributed by atoms with Crippen LogP contribution in [0, 0.1) is 5.39 Å². The van der Waals surface area contributed by atoms with Gasteiger partial charge in [-0.15, -0.1) is 0 Å². The number of unbranched alkanes of at least 4 members (excludes halogenated alkanes) is 2. The molecule has 0 amide bonds. The summed E-state index contributed by atoms with van der Waals surface area (Å²) in [6, 6.07) is 3.69. The van der Waals surface area contributed by atoms with Crippen molar-refractivity contribution in [3.63, 3.8) is 0 Å². The van der Waals surface area contributed by atoms with Crippen molar-refractivity contribution in [2.45, 2.75) is 39.5 Å². The Balaban J connectivity index is 0. The second-order valence-corrected chi connectivity index (χ2v) is 5.89. The van der Waals surface area contributed by atoms with Gasteiger partial charge in [-0.25, -0.2) is 0 Å². The van der Waals surface area contributed by atoms with Crippen LogP contribution in [0.4, 0.5) is 11.4 Å². The molecule has 0 radical (unpaired) electrons. The summed E-state index contributed by atoms with van der Waals surface area (Å²) in [7, 11) is 0. The van der Waals surface area contributed by atoms with Gasteiger partial charge < -0.3 is 43.9 Å². The van der Waals surface area contributed by atoms with Crippen LogP contribution < -0.4 is 39.2 Å². The molecule has 148 valence electrons. The summed E-state index contributed by atoms with van der Waals surface area (Å²) in [5.74, 6) is 1.33. The van der Waals surface area contributed by atoms with Crippen molar-refractivity contribution in [3.05, 3.63) is 17.1 Å². The molecule has 1 heterocycles. The number of benzene rings is 1. The minimum Gasteiger partial charge on any atom is -1.00 e. The number of ether oxygens (including phenoxy) is 3. The summed E-state index contributed by atoms with van der Waals surface area (Å²) >= 11 is 0. The minimum atomic E-state index is 0. The molecule has 1 fully saturated rings.